The van der Waals surface area contributed by atoms with Gasteiger partial charge in [-0.2, -0.15) is 0 Å². The van der Waals surface area contributed by atoms with Crippen molar-refractivity contribution < 1.29 is 14.1 Å². The zero-order valence-corrected chi connectivity index (χ0v) is 8.43. The molecule has 0 bridgehead atoms. The first-order chi connectivity index (χ1) is 7.66. The van der Waals surface area contributed by atoms with Crippen molar-refractivity contribution in [2.24, 2.45) is 0 Å². The number of nitro groups is 1. The monoisotopic (exact) mass is 240 g/mol. The number of rotatable bonds is 3. The van der Waals surface area contributed by atoms with E-state index in [2.05, 4.69) is 15.5 Å². The van der Waals surface area contributed by atoms with Gasteiger partial charge in [-0.25, -0.2) is 0 Å². The number of nitrogens with one attached hydrogen (secondary N) is 1. The molecule has 0 saturated carbocycles. The molecule has 0 unspecified atom stereocenters. The molecule has 1 amide bonds. The van der Waals surface area contributed by atoms with Crippen LogP contribution in [0.15, 0.2) is 22.1 Å². The van der Waals surface area contributed by atoms with Crippen molar-refractivity contribution in [3.63, 3.8) is 0 Å². The fourth-order valence-corrected chi connectivity index (χ4v) is 1.37. The topological polar surface area (TPSA) is 111 Å². The molecule has 0 aliphatic carbocycles. The smallest absolute Gasteiger partial charge is 0.395 e. The number of nitrogens with zero attached hydrogens (tertiary/aromatic N) is 3. The molecule has 2 aromatic heterocycles. The molecular weight excluding hydrogens is 236 g/mol. The third-order valence-corrected chi connectivity index (χ3v) is 2.18. The lowest BCUT2D eigenvalue weighted by atomic mass is 10.4. The predicted molar refractivity (Wildman–Crippen MR) is 53.2 cm³/mol. The van der Waals surface area contributed by atoms with Crippen LogP contribution in [0.4, 0.5) is 11.0 Å². The Balaban J connectivity index is 2.12. The average molecular weight is 240 g/mol. The number of furan rings is 1. The molecule has 0 atom stereocenters. The van der Waals surface area contributed by atoms with Gasteiger partial charge in [0.25, 0.3) is 5.91 Å². The number of anilines is 1. The number of hydrogen-bond donors (Lipinski definition) is 1. The maximum atomic E-state index is 11.5. The van der Waals surface area contributed by atoms with E-state index < -0.39 is 16.7 Å². The van der Waals surface area contributed by atoms with Gasteiger partial charge in [0, 0.05) is 0 Å². The van der Waals surface area contributed by atoms with Crippen LogP contribution >= 0.6 is 11.3 Å². The minimum absolute atomic E-state index is 0.151. The Morgan fingerprint density at radius 1 is 1.56 bits per heavy atom. The summed E-state index contributed by atoms with van der Waals surface area (Å²) in [6, 6.07) is 2.32. The molecule has 16 heavy (non-hydrogen) atoms. The molecule has 8 nitrogen and oxygen atoms in total. The highest BCUT2D eigenvalue weighted by Gasteiger charge is 2.17. The highest BCUT2D eigenvalue weighted by Crippen LogP contribution is 2.17. The van der Waals surface area contributed by atoms with E-state index in [4.69, 9.17) is 4.42 Å². The van der Waals surface area contributed by atoms with Crippen molar-refractivity contribution in [1.82, 2.24) is 10.2 Å². The number of amides is 1. The van der Waals surface area contributed by atoms with Gasteiger partial charge in [0.05, 0.1) is 6.07 Å². The second kappa shape index (κ2) is 4.06. The summed E-state index contributed by atoms with van der Waals surface area (Å²) >= 11 is 1.13. The number of carbonyl (C=O) groups excluding carboxylic acids is 1. The normalized spacial score (nSPS) is 10.0. The van der Waals surface area contributed by atoms with Gasteiger partial charge in [0.1, 0.15) is 10.4 Å². The Morgan fingerprint density at radius 2 is 2.38 bits per heavy atom. The molecule has 9 heteroatoms. The van der Waals surface area contributed by atoms with Crippen molar-refractivity contribution in [2.45, 2.75) is 0 Å². The van der Waals surface area contributed by atoms with E-state index in [0.717, 1.165) is 17.4 Å². The van der Waals surface area contributed by atoms with Crippen molar-refractivity contribution in [3.05, 3.63) is 33.5 Å². The Labute approximate surface area is 92.1 Å². The molecule has 2 heterocycles. The third-order valence-electron chi connectivity index (χ3n) is 1.58. The number of carbonyl (C=O) groups is 1. The van der Waals surface area contributed by atoms with E-state index in [-0.39, 0.29) is 5.76 Å². The lowest BCUT2D eigenvalue weighted by molar-refractivity contribution is -0.402. The molecule has 2 rings (SSSR count). The van der Waals surface area contributed by atoms with Crippen LogP contribution in [0.5, 0.6) is 0 Å². The van der Waals surface area contributed by atoms with Gasteiger partial charge in [-0.3, -0.25) is 20.2 Å². The van der Waals surface area contributed by atoms with Gasteiger partial charge in [0.15, 0.2) is 5.76 Å². The average Bonchev–Trinajstić information content (AvgIpc) is 2.86. The van der Waals surface area contributed by atoms with E-state index >= 15 is 0 Å². The SMILES string of the molecule is O=C(Nc1nncs1)c1ccc([N+](=O)[O-])o1. The summed E-state index contributed by atoms with van der Waals surface area (Å²) in [6.07, 6.45) is 0. The molecule has 0 aliphatic heterocycles. The van der Waals surface area contributed by atoms with Gasteiger partial charge < -0.3 is 4.42 Å². The van der Waals surface area contributed by atoms with Crippen LogP contribution in [0.1, 0.15) is 10.6 Å². The first-order valence-corrected chi connectivity index (χ1v) is 4.86. The summed E-state index contributed by atoms with van der Waals surface area (Å²) < 4.78 is 4.70. The molecular formula is C7H4N4O4S. The van der Waals surface area contributed by atoms with Gasteiger partial charge >= 0.3 is 5.88 Å². The van der Waals surface area contributed by atoms with Crippen LogP contribution in [0.3, 0.4) is 0 Å². The third kappa shape index (κ3) is 2.03. The van der Waals surface area contributed by atoms with E-state index in [9.17, 15) is 14.9 Å². The molecule has 0 saturated heterocycles. The predicted octanol–water partition coefficient (Wildman–Crippen LogP) is 1.29. The van der Waals surface area contributed by atoms with Gasteiger partial charge in [0.2, 0.25) is 5.13 Å². The Morgan fingerprint density at radius 3 is 2.94 bits per heavy atom. The van der Waals surface area contributed by atoms with Crippen molar-refractivity contribution in [3.8, 4) is 0 Å². The van der Waals surface area contributed by atoms with Crippen LogP contribution in [-0.2, 0) is 0 Å². The van der Waals surface area contributed by atoms with Crippen LogP contribution < -0.4 is 5.32 Å². The largest absolute Gasteiger partial charge is 0.433 e. The summed E-state index contributed by atoms with van der Waals surface area (Å²) in [5.41, 5.74) is 1.44. The molecule has 0 aromatic carbocycles. The molecule has 0 radical (unpaired) electrons. The minimum Gasteiger partial charge on any atom is -0.395 e. The molecule has 0 spiro atoms. The van der Waals surface area contributed by atoms with Crippen LogP contribution in [-0.4, -0.2) is 21.0 Å². The Hall–Kier alpha value is -2.29. The van der Waals surface area contributed by atoms with Crippen molar-refractivity contribution >= 4 is 28.3 Å². The molecule has 1 N–H and O–H groups in total. The Kier molecular flexibility index (Phi) is 2.60. The van der Waals surface area contributed by atoms with Crippen molar-refractivity contribution in [2.75, 3.05) is 5.32 Å². The van der Waals surface area contributed by atoms with Crippen LogP contribution in [0.2, 0.25) is 0 Å². The molecule has 0 fully saturated rings. The van der Waals surface area contributed by atoms with E-state index in [1.165, 1.54) is 11.6 Å². The molecule has 0 aliphatic rings. The zero-order valence-electron chi connectivity index (χ0n) is 7.61. The fraction of sp³-hybridized carbons (Fsp3) is 0. The highest BCUT2D eigenvalue weighted by atomic mass is 32.1. The van der Waals surface area contributed by atoms with E-state index in [1.54, 1.807) is 0 Å². The van der Waals surface area contributed by atoms with Gasteiger partial charge in [-0.15, -0.1) is 10.2 Å². The maximum Gasteiger partial charge on any atom is 0.433 e. The van der Waals surface area contributed by atoms with Gasteiger partial charge in [-0.1, -0.05) is 11.3 Å². The first kappa shape index (κ1) is 10.2. The fourth-order valence-electron chi connectivity index (χ4n) is 0.934. The lowest BCUT2D eigenvalue weighted by Gasteiger charge is -1.95. The second-order valence-electron chi connectivity index (χ2n) is 2.59. The quantitative estimate of drug-likeness (QED) is 0.639. The lowest BCUT2D eigenvalue weighted by Crippen LogP contribution is -2.10. The second-order valence-corrected chi connectivity index (χ2v) is 3.43. The summed E-state index contributed by atoms with van der Waals surface area (Å²) in [7, 11) is 0. The first-order valence-electron chi connectivity index (χ1n) is 3.98. The van der Waals surface area contributed by atoms with Crippen molar-refractivity contribution in [1.29, 1.82) is 0 Å². The Bertz CT molecular complexity index is 520. The number of hydrogen-bond acceptors (Lipinski definition) is 7. The summed E-state index contributed by atoms with van der Waals surface area (Å²) in [5.74, 6) is -1.24. The van der Waals surface area contributed by atoms with E-state index in [1.807, 2.05) is 0 Å². The summed E-state index contributed by atoms with van der Waals surface area (Å²) in [5, 5.41) is 20.1. The highest BCUT2D eigenvalue weighted by molar-refractivity contribution is 7.13. The zero-order chi connectivity index (χ0) is 11.5. The minimum atomic E-state index is -0.721. The summed E-state index contributed by atoms with van der Waals surface area (Å²) in [4.78, 5) is 21.1. The van der Waals surface area contributed by atoms with Crippen LogP contribution in [0, 0.1) is 10.1 Å². The van der Waals surface area contributed by atoms with Crippen LogP contribution in [0.25, 0.3) is 0 Å². The summed E-state index contributed by atoms with van der Waals surface area (Å²) in [6.45, 7) is 0. The van der Waals surface area contributed by atoms with E-state index in [0.29, 0.717) is 5.13 Å². The standard InChI is InChI=1S/C7H4N4O4S/c12-6(9-7-10-8-3-16-7)4-1-2-5(15-4)11(13)14/h1-3H,(H,9,10,12). The van der Waals surface area contributed by atoms with Gasteiger partial charge in [-0.05, 0) is 6.07 Å². The molecule has 2 aromatic rings. The molecule has 82 valence electrons. The maximum absolute atomic E-state index is 11.5. The number of aromatic nitrogens is 2.